The highest BCUT2D eigenvalue weighted by Crippen LogP contribution is 2.44. The standard InChI is InChI=1S/C20H22O2S.C19H16F3NO4S/c1-14-7-8-17(13-15(14)2)20-6-4-5-19(20)16-9-11-18(12-10-16)23(3,21)22;20-19(21,22)14-5-1-11(2-6-14)16-9-13(18(24)25)10-17(16)12-3-7-15(8-4-12)28(23,26)27/h7-13H,4-6H2,1-3H3;1-8,13H,9-10H2,(H,24,25)(H2,23,26,27). The number of allylic oxidation sites excluding steroid dienone is 4. The minimum atomic E-state index is -4.46. The van der Waals surface area contributed by atoms with Crippen molar-refractivity contribution in [3.05, 3.63) is 130 Å². The number of alkyl halides is 3. The van der Waals surface area contributed by atoms with Crippen LogP contribution >= 0.6 is 0 Å². The largest absolute Gasteiger partial charge is 0.481 e. The fraction of sp³-hybridized carbons (Fsp3) is 0.256. The molecule has 1 atom stereocenters. The Morgan fingerprint density at radius 1 is 0.667 bits per heavy atom. The van der Waals surface area contributed by atoms with E-state index < -0.39 is 43.5 Å². The predicted molar refractivity (Wildman–Crippen MR) is 193 cm³/mol. The zero-order valence-electron chi connectivity index (χ0n) is 28.3. The van der Waals surface area contributed by atoms with E-state index in [9.17, 15) is 39.9 Å². The lowest BCUT2D eigenvalue weighted by Crippen LogP contribution is -2.12. The smallest absolute Gasteiger partial charge is 0.416 e. The van der Waals surface area contributed by atoms with E-state index in [0.717, 1.165) is 37.0 Å². The Kier molecular flexibility index (Phi) is 10.8. The minimum absolute atomic E-state index is 0.0827. The molecule has 0 aromatic heterocycles. The second kappa shape index (κ2) is 14.6. The summed E-state index contributed by atoms with van der Waals surface area (Å²) in [6.07, 6.45) is 0.459. The number of aryl methyl sites for hydroxylation is 2. The number of hydrogen-bond donors (Lipinski definition) is 2. The molecule has 2 aliphatic carbocycles. The van der Waals surface area contributed by atoms with Gasteiger partial charge in [-0.2, -0.15) is 13.2 Å². The van der Waals surface area contributed by atoms with Crippen molar-refractivity contribution in [2.24, 2.45) is 11.1 Å². The van der Waals surface area contributed by atoms with E-state index in [1.807, 2.05) is 12.1 Å². The molecule has 4 aromatic carbocycles. The maximum atomic E-state index is 12.8. The van der Waals surface area contributed by atoms with Gasteiger partial charge in [-0.15, -0.1) is 0 Å². The molecule has 1 unspecified atom stereocenters. The van der Waals surface area contributed by atoms with Gasteiger partial charge < -0.3 is 5.11 Å². The summed E-state index contributed by atoms with van der Waals surface area (Å²) in [5, 5.41) is 14.5. The summed E-state index contributed by atoms with van der Waals surface area (Å²) in [6, 6.07) is 24.2. The summed E-state index contributed by atoms with van der Waals surface area (Å²) < 4.78 is 84.4. The van der Waals surface area contributed by atoms with E-state index in [1.165, 1.54) is 70.5 Å². The third-order valence-electron chi connectivity index (χ3n) is 9.41. The number of aliphatic carboxylic acids is 1. The van der Waals surface area contributed by atoms with Crippen LogP contribution in [0.5, 0.6) is 0 Å². The van der Waals surface area contributed by atoms with Crippen molar-refractivity contribution in [2.45, 2.75) is 61.9 Å². The predicted octanol–water partition coefficient (Wildman–Crippen LogP) is 8.56. The molecule has 0 spiro atoms. The van der Waals surface area contributed by atoms with Crippen LogP contribution in [0.25, 0.3) is 22.3 Å². The van der Waals surface area contributed by atoms with Gasteiger partial charge in [0.25, 0.3) is 0 Å². The van der Waals surface area contributed by atoms with E-state index in [-0.39, 0.29) is 17.7 Å². The van der Waals surface area contributed by atoms with Crippen LogP contribution in [0.3, 0.4) is 0 Å². The average Bonchev–Trinajstić information content (AvgIpc) is 3.74. The third-order valence-corrected chi connectivity index (χ3v) is 11.5. The Morgan fingerprint density at radius 3 is 1.53 bits per heavy atom. The number of halogens is 3. The van der Waals surface area contributed by atoms with Gasteiger partial charge in [0.05, 0.1) is 21.3 Å². The van der Waals surface area contributed by atoms with Crippen LogP contribution in [0.15, 0.2) is 101 Å². The highest BCUT2D eigenvalue weighted by atomic mass is 32.2. The first-order valence-electron chi connectivity index (χ1n) is 16.2. The number of carboxylic acid groups (broad SMARTS) is 1. The maximum absolute atomic E-state index is 12.8. The Bertz CT molecular complexity index is 2240. The summed E-state index contributed by atoms with van der Waals surface area (Å²) in [4.78, 5) is 11.8. The van der Waals surface area contributed by atoms with Crippen molar-refractivity contribution < 1.29 is 39.9 Å². The lowest BCUT2D eigenvalue weighted by atomic mass is 9.95. The first-order chi connectivity index (χ1) is 23.8. The molecule has 0 heterocycles. The number of nitrogens with two attached hydrogens (primary N) is 1. The van der Waals surface area contributed by atoms with Gasteiger partial charge in [-0.1, -0.05) is 54.6 Å². The molecule has 12 heteroatoms. The number of sulfone groups is 1. The van der Waals surface area contributed by atoms with Crippen molar-refractivity contribution in [1.29, 1.82) is 0 Å². The first-order valence-corrected chi connectivity index (χ1v) is 19.6. The molecule has 0 fully saturated rings. The molecule has 0 bridgehead atoms. The molecule has 2 aliphatic rings. The maximum Gasteiger partial charge on any atom is 0.416 e. The number of carboxylic acids is 1. The van der Waals surface area contributed by atoms with Crippen molar-refractivity contribution in [3.63, 3.8) is 0 Å². The topological polar surface area (TPSA) is 132 Å². The molecule has 7 nitrogen and oxygen atoms in total. The van der Waals surface area contributed by atoms with Crippen LogP contribution in [0.1, 0.15) is 71.0 Å². The second-order valence-corrected chi connectivity index (χ2v) is 16.5. The zero-order valence-corrected chi connectivity index (χ0v) is 29.9. The van der Waals surface area contributed by atoms with E-state index in [4.69, 9.17) is 5.14 Å². The lowest BCUT2D eigenvalue weighted by molar-refractivity contribution is -0.141. The van der Waals surface area contributed by atoms with Gasteiger partial charge in [-0.05, 0) is 138 Å². The van der Waals surface area contributed by atoms with Crippen LogP contribution < -0.4 is 5.14 Å². The molecule has 3 N–H and O–H groups in total. The number of benzene rings is 4. The zero-order chi connectivity index (χ0) is 37.3. The van der Waals surface area contributed by atoms with Crippen LogP contribution in [-0.4, -0.2) is 34.2 Å². The van der Waals surface area contributed by atoms with Gasteiger partial charge in [-0.25, -0.2) is 22.0 Å². The van der Waals surface area contributed by atoms with Crippen LogP contribution in [0, 0.1) is 19.8 Å². The number of primary sulfonamides is 1. The second-order valence-electron chi connectivity index (χ2n) is 13.0. The van der Waals surface area contributed by atoms with Crippen molar-refractivity contribution >= 4 is 48.1 Å². The van der Waals surface area contributed by atoms with Crippen molar-refractivity contribution in [1.82, 2.24) is 0 Å². The molecule has 0 amide bonds. The van der Waals surface area contributed by atoms with Gasteiger partial charge in [0.1, 0.15) is 0 Å². The third kappa shape index (κ3) is 8.87. The lowest BCUT2D eigenvalue weighted by Gasteiger charge is -2.11. The summed E-state index contributed by atoms with van der Waals surface area (Å²) >= 11 is 0. The van der Waals surface area contributed by atoms with Gasteiger partial charge >= 0.3 is 12.1 Å². The molecular weight excluding hydrogens is 700 g/mol. The number of hydrogen-bond acceptors (Lipinski definition) is 5. The molecule has 4 aromatic rings. The average molecular weight is 738 g/mol. The van der Waals surface area contributed by atoms with Gasteiger partial charge in [0.15, 0.2) is 9.84 Å². The quantitative estimate of drug-likeness (QED) is 0.195. The molecule has 0 aliphatic heterocycles. The van der Waals surface area contributed by atoms with Gasteiger partial charge in [0.2, 0.25) is 10.0 Å². The summed E-state index contributed by atoms with van der Waals surface area (Å²) in [5.41, 5.74) is 9.43. The first kappa shape index (κ1) is 37.7. The Hall–Kier alpha value is -4.52. The van der Waals surface area contributed by atoms with Gasteiger partial charge in [0, 0.05) is 6.26 Å². The summed E-state index contributed by atoms with van der Waals surface area (Å²) in [7, 11) is -7.00. The Morgan fingerprint density at radius 2 is 1.10 bits per heavy atom. The highest BCUT2D eigenvalue weighted by molar-refractivity contribution is 7.90. The minimum Gasteiger partial charge on any atom is -0.481 e. The molecule has 0 radical (unpaired) electrons. The summed E-state index contributed by atoms with van der Waals surface area (Å²) in [6.45, 7) is 4.28. The van der Waals surface area contributed by atoms with Crippen LogP contribution in [-0.2, 0) is 30.8 Å². The molecule has 0 saturated carbocycles. The van der Waals surface area contributed by atoms with E-state index >= 15 is 0 Å². The number of rotatable bonds is 7. The van der Waals surface area contributed by atoms with Crippen LogP contribution in [0.2, 0.25) is 0 Å². The van der Waals surface area contributed by atoms with Crippen LogP contribution in [0.4, 0.5) is 13.2 Å². The monoisotopic (exact) mass is 737 g/mol. The molecular formula is C39H38F3NO6S2. The highest BCUT2D eigenvalue weighted by Gasteiger charge is 2.33. The Labute approximate surface area is 296 Å². The molecule has 268 valence electrons. The van der Waals surface area contributed by atoms with Crippen molar-refractivity contribution in [3.8, 4) is 0 Å². The summed E-state index contributed by atoms with van der Waals surface area (Å²) in [5.74, 6) is -1.70. The SMILES string of the molecule is Cc1ccc(C2=C(c3ccc(S(C)(=O)=O)cc3)CCC2)cc1C.NS(=O)(=O)c1ccc(C2=C(c3ccc(C(F)(F)F)cc3)CC(C(=O)O)C2)cc1. The van der Waals surface area contributed by atoms with E-state index in [1.54, 1.807) is 12.1 Å². The normalized spacial score (nSPS) is 16.6. The fourth-order valence-corrected chi connectivity index (χ4v) is 7.64. The Balaban J connectivity index is 0.000000201. The number of carbonyl (C=O) groups is 1. The fourth-order valence-electron chi connectivity index (χ4n) is 6.49. The number of sulfonamides is 1. The van der Waals surface area contributed by atoms with E-state index in [0.29, 0.717) is 27.2 Å². The van der Waals surface area contributed by atoms with Crippen molar-refractivity contribution in [2.75, 3.05) is 6.26 Å². The van der Waals surface area contributed by atoms with Gasteiger partial charge in [-0.3, -0.25) is 4.79 Å². The molecule has 0 saturated heterocycles. The molecule has 6 rings (SSSR count). The van der Waals surface area contributed by atoms with E-state index in [2.05, 4.69) is 32.0 Å². The molecule has 51 heavy (non-hydrogen) atoms.